The van der Waals surface area contributed by atoms with Crippen LogP contribution in [0.5, 0.6) is 0 Å². The van der Waals surface area contributed by atoms with Gasteiger partial charge in [-0.3, -0.25) is 4.90 Å². The standard InChI is InChI=1S/C31H49N9O3/c1-21(2)27-17-32-40-28(27)34-29(38-14-8-9-25(38)20-42-5)35-30(40)33-22-15-23-10-11-24(16-22)39(23)31(41)43-26-18-37(19-26)13-7-6-12-36(3)4/h6-7,17,21-26H,8-16,18-20H2,1-5H3,(H,33,34,35)/b7-6+/t22?,23?,24?,25-/m0/s1. The average molecular weight is 596 g/mol. The highest BCUT2D eigenvalue weighted by Gasteiger charge is 2.45. The number of piperidine rings is 1. The molecule has 6 rings (SSSR count). The number of nitrogens with zero attached hydrogens (tertiary/aromatic N) is 8. The molecule has 6 heterocycles. The SMILES string of the molecule is COC[C@@H]1CCCN1c1nc(NC2CC3CCC(C2)N3C(=O)OC2CN(C/C=C/CN(C)C)C2)n2ncc(C(C)C)c2n1. The van der Waals surface area contributed by atoms with E-state index in [0.29, 0.717) is 12.5 Å². The number of hydrogen-bond acceptors (Lipinski definition) is 10. The molecule has 3 atom stereocenters. The van der Waals surface area contributed by atoms with Gasteiger partial charge in [0.1, 0.15) is 6.10 Å². The number of likely N-dealkylation sites (N-methyl/N-ethyl adjacent to an activating group) is 1. The van der Waals surface area contributed by atoms with Gasteiger partial charge < -0.3 is 29.5 Å². The zero-order chi connectivity index (χ0) is 30.1. The molecule has 2 aromatic heterocycles. The lowest BCUT2D eigenvalue weighted by molar-refractivity contribution is -0.0306. The first kappa shape index (κ1) is 30.1. The minimum absolute atomic E-state index is 0.0137. The zero-order valence-corrected chi connectivity index (χ0v) is 26.5. The Morgan fingerprint density at radius 3 is 2.60 bits per heavy atom. The minimum atomic E-state index is -0.141. The number of likely N-dealkylation sites (tertiary alicyclic amines) is 1. The predicted molar refractivity (Wildman–Crippen MR) is 167 cm³/mol. The number of carbonyl (C=O) groups is 1. The predicted octanol–water partition coefficient (Wildman–Crippen LogP) is 3.21. The molecule has 236 valence electrons. The summed E-state index contributed by atoms with van der Waals surface area (Å²) in [4.78, 5) is 32.1. The summed E-state index contributed by atoms with van der Waals surface area (Å²) in [6.07, 6.45) is 12.1. The number of fused-ring (bicyclic) bond motifs is 3. The summed E-state index contributed by atoms with van der Waals surface area (Å²) in [5.41, 5.74) is 1.98. The number of aromatic nitrogens is 4. The van der Waals surface area contributed by atoms with Gasteiger partial charge in [0.15, 0.2) is 5.65 Å². The first-order valence-corrected chi connectivity index (χ1v) is 16.1. The molecule has 0 radical (unpaired) electrons. The number of amides is 1. The monoisotopic (exact) mass is 595 g/mol. The van der Waals surface area contributed by atoms with E-state index in [1.807, 2.05) is 15.6 Å². The Morgan fingerprint density at radius 2 is 1.91 bits per heavy atom. The molecule has 12 heteroatoms. The fourth-order valence-corrected chi connectivity index (χ4v) is 7.21. The van der Waals surface area contributed by atoms with Crippen LogP contribution in [0.2, 0.25) is 0 Å². The van der Waals surface area contributed by atoms with Crippen LogP contribution < -0.4 is 10.2 Å². The third-order valence-electron chi connectivity index (χ3n) is 9.47. The third kappa shape index (κ3) is 6.46. The van der Waals surface area contributed by atoms with Crippen molar-refractivity contribution in [2.75, 3.05) is 70.8 Å². The van der Waals surface area contributed by atoms with Gasteiger partial charge >= 0.3 is 6.09 Å². The Balaban J connectivity index is 1.10. The highest BCUT2D eigenvalue weighted by Crippen LogP contribution is 2.38. The largest absolute Gasteiger partial charge is 0.443 e. The second kappa shape index (κ2) is 13.0. The Kier molecular flexibility index (Phi) is 9.06. The fourth-order valence-electron chi connectivity index (χ4n) is 7.21. The molecule has 0 aliphatic carbocycles. The van der Waals surface area contributed by atoms with Crippen LogP contribution in [0.1, 0.15) is 63.9 Å². The Hall–Kier alpha value is -2.96. The molecule has 0 aromatic carbocycles. The summed E-state index contributed by atoms with van der Waals surface area (Å²) in [5.74, 6) is 1.77. The molecule has 4 saturated heterocycles. The van der Waals surface area contributed by atoms with Crippen molar-refractivity contribution < 1.29 is 14.3 Å². The van der Waals surface area contributed by atoms with Crippen LogP contribution in [0.15, 0.2) is 18.3 Å². The van der Waals surface area contributed by atoms with Gasteiger partial charge in [0.05, 0.1) is 18.8 Å². The van der Waals surface area contributed by atoms with Crippen molar-refractivity contribution in [1.29, 1.82) is 0 Å². The molecule has 4 aliphatic heterocycles. The maximum absolute atomic E-state index is 13.3. The van der Waals surface area contributed by atoms with Crippen molar-refractivity contribution in [1.82, 2.24) is 34.3 Å². The van der Waals surface area contributed by atoms with Gasteiger partial charge in [-0.25, -0.2) is 4.79 Å². The van der Waals surface area contributed by atoms with E-state index in [4.69, 9.17) is 24.5 Å². The van der Waals surface area contributed by atoms with E-state index in [2.05, 4.69) is 60.1 Å². The molecule has 1 N–H and O–H groups in total. The van der Waals surface area contributed by atoms with E-state index in [1.165, 1.54) is 0 Å². The van der Waals surface area contributed by atoms with E-state index in [-0.39, 0.29) is 36.4 Å². The molecular weight excluding hydrogens is 546 g/mol. The lowest BCUT2D eigenvalue weighted by atomic mass is 9.98. The second-order valence-electron chi connectivity index (χ2n) is 13.3. The van der Waals surface area contributed by atoms with Crippen molar-refractivity contribution in [3.8, 4) is 0 Å². The maximum Gasteiger partial charge on any atom is 0.410 e. The number of anilines is 2. The van der Waals surface area contributed by atoms with Crippen molar-refractivity contribution in [3.05, 3.63) is 23.9 Å². The molecule has 43 heavy (non-hydrogen) atoms. The van der Waals surface area contributed by atoms with Gasteiger partial charge in [0.2, 0.25) is 11.9 Å². The van der Waals surface area contributed by atoms with Gasteiger partial charge in [-0.15, -0.1) is 0 Å². The number of nitrogens with one attached hydrogen (secondary N) is 1. The summed E-state index contributed by atoms with van der Waals surface area (Å²) in [7, 11) is 5.89. The summed E-state index contributed by atoms with van der Waals surface area (Å²) < 4.78 is 13.3. The Labute approximate surface area is 255 Å². The summed E-state index contributed by atoms with van der Waals surface area (Å²) >= 11 is 0. The highest BCUT2D eigenvalue weighted by atomic mass is 16.6. The minimum Gasteiger partial charge on any atom is -0.443 e. The average Bonchev–Trinajstić information content (AvgIpc) is 3.65. The normalized spacial score (nSPS) is 26.4. The molecular formula is C31H49N9O3. The fraction of sp³-hybridized carbons (Fsp3) is 0.742. The van der Waals surface area contributed by atoms with Gasteiger partial charge in [0, 0.05) is 63.5 Å². The van der Waals surface area contributed by atoms with E-state index in [0.717, 1.165) is 94.4 Å². The molecule has 0 saturated carbocycles. The van der Waals surface area contributed by atoms with Crippen LogP contribution in [0.25, 0.3) is 5.65 Å². The lowest BCUT2D eigenvalue weighted by Crippen LogP contribution is -2.56. The molecule has 12 nitrogen and oxygen atoms in total. The van der Waals surface area contributed by atoms with E-state index >= 15 is 0 Å². The molecule has 2 bridgehead atoms. The first-order valence-electron chi connectivity index (χ1n) is 16.1. The summed E-state index contributed by atoms with van der Waals surface area (Å²) in [6.45, 7) is 9.39. The van der Waals surface area contributed by atoms with Crippen molar-refractivity contribution >= 4 is 23.6 Å². The topological polar surface area (TPSA) is 104 Å². The Morgan fingerprint density at radius 1 is 1.14 bits per heavy atom. The van der Waals surface area contributed by atoms with Gasteiger partial charge in [-0.2, -0.15) is 19.6 Å². The molecule has 4 fully saturated rings. The number of carbonyl (C=O) groups excluding carboxylic acids is 1. The number of rotatable bonds is 11. The van der Waals surface area contributed by atoms with Gasteiger partial charge in [-0.1, -0.05) is 26.0 Å². The third-order valence-corrected chi connectivity index (χ3v) is 9.47. The van der Waals surface area contributed by atoms with E-state index in [9.17, 15) is 4.79 Å². The Bertz CT molecular complexity index is 1280. The quantitative estimate of drug-likeness (QED) is 0.390. The first-order chi connectivity index (χ1) is 20.8. The summed E-state index contributed by atoms with van der Waals surface area (Å²) in [6, 6.07) is 0.831. The number of ether oxygens (including phenoxy) is 2. The smallest absolute Gasteiger partial charge is 0.410 e. The second-order valence-corrected chi connectivity index (χ2v) is 13.3. The van der Waals surface area contributed by atoms with E-state index < -0.39 is 0 Å². The summed E-state index contributed by atoms with van der Waals surface area (Å²) in [5, 5.41) is 8.45. The molecule has 2 unspecified atom stereocenters. The van der Waals surface area contributed by atoms with Crippen LogP contribution in [0.3, 0.4) is 0 Å². The molecule has 1 amide bonds. The number of methoxy groups -OCH3 is 1. The lowest BCUT2D eigenvalue weighted by Gasteiger charge is -2.42. The van der Waals surface area contributed by atoms with Crippen molar-refractivity contribution in [3.63, 3.8) is 0 Å². The van der Waals surface area contributed by atoms with Crippen LogP contribution >= 0.6 is 0 Å². The number of hydrogen-bond donors (Lipinski definition) is 1. The van der Waals surface area contributed by atoms with Crippen LogP contribution in [-0.4, -0.2) is 131 Å². The van der Waals surface area contributed by atoms with Crippen molar-refractivity contribution in [2.24, 2.45) is 0 Å². The molecule has 0 spiro atoms. The van der Waals surface area contributed by atoms with Crippen molar-refractivity contribution in [2.45, 2.75) is 88.6 Å². The van der Waals surface area contributed by atoms with Crippen LogP contribution in [0, 0.1) is 0 Å². The zero-order valence-electron chi connectivity index (χ0n) is 26.5. The van der Waals surface area contributed by atoms with Gasteiger partial charge in [-0.05, 0) is 58.5 Å². The van der Waals surface area contributed by atoms with Crippen LogP contribution in [-0.2, 0) is 9.47 Å². The maximum atomic E-state index is 13.3. The van der Waals surface area contributed by atoms with Gasteiger partial charge in [0.25, 0.3) is 0 Å². The van der Waals surface area contributed by atoms with Crippen LogP contribution in [0.4, 0.5) is 16.7 Å². The molecule has 2 aromatic rings. The molecule has 4 aliphatic rings. The highest BCUT2D eigenvalue weighted by molar-refractivity contribution is 5.69. The van der Waals surface area contributed by atoms with E-state index in [1.54, 1.807) is 7.11 Å².